The van der Waals surface area contributed by atoms with Gasteiger partial charge in [0.2, 0.25) is 0 Å². The summed E-state index contributed by atoms with van der Waals surface area (Å²) in [5.74, 6) is -0.301. The molecule has 0 spiro atoms. The smallest absolute Gasteiger partial charge is 0.411 e. The molecule has 2 heterocycles. The second-order valence-corrected chi connectivity index (χ2v) is 8.40. The fourth-order valence-electron chi connectivity index (χ4n) is 3.67. The molecular weight excluding hydrogens is 344 g/mol. The monoisotopic (exact) mass is 374 g/mol. The highest BCUT2D eigenvalue weighted by atomic mass is 16.6. The van der Waals surface area contributed by atoms with Crippen molar-refractivity contribution in [2.24, 2.45) is 0 Å². The van der Waals surface area contributed by atoms with Crippen molar-refractivity contribution in [2.45, 2.75) is 64.3 Å². The first-order valence-corrected chi connectivity index (χ1v) is 9.78. The Morgan fingerprint density at radius 2 is 1.85 bits per heavy atom. The van der Waals surface area contributed by atoms with Crippen LogP contribution in [0.1, 0.15) is 45.6 Å². The molecule has 2 aliphatic rings. The fraction of sp³-hybridized carbons (Fsp3) is 0.619. The van der Waals surface area contributed by atoms with Crippen LogP contribution < -0.4 is 0 Å². The zero-order valence-electron chi connectivity index (χ0n) is 16.5. The van der Waals surface area contributed by atoms with E-state index in [0.717, 1.165) is 32.5 Å². The number of rotatable bonds is 4. The van der Waals surface area contributed by atoms with E-state index in [-0.39, 0.29) is 12.1 Å². The summed E-state index contributed by atoms with van der Waals surface area (Å²) in [6, 6.07) is 9.77. The van der Waals surface area contributed by atoms with Gasteiger partial charge in [-0.15, -0.1) is 0 Å². The first-order chi connectivity index (χ1) is 12.8. The third-order valence-corrected chi connectivity index (χ3v) is 4.91. The number of ether oxygens (including phenoxy) is 2. The van der Waals surface area contributed by atoms with Gasteiger partial charge in [0, 0.05) is 26.2 Å². The summed E-state index contributed by atoms with van der Waals surface area (Å²) in [7, 11) is 0. The number of benzene rings is 1. The number of carbonyl (C=O) groups is 2. The van der Waals surface area contributed by atoms with Crippen molar-refractivity contribution in [1.29, 1.82) is 0 Å². The molecule has 0 saturated carbocycles. The number of carbonyl (C=O) groups excluding carboxylic acids is 2. The Morgan fingerprint density at radius 1 is 1.11 bits per heavy atom. The quantitative estimate of drug-likeness (QED) is 0.758. The van der Waals surface area contributed by atoms with Crippen LogP contribution in [0.15, 0.2) is 30.3 Å². The van der Waals surface area contributed by atoms with Gasteiger partial charge in [0.25, 0.3) is 0 Å². The molecule has 2 saturated heterocycles. The van der Waals surface area contributed by atoms with Crippen molar-refractivity contribution >= 4 is 12.1 Å². The molecule has 0 bridgehead atoms. The molecule has 2 atom stereocenters. The minimum atomic E-state index is -0.572. The Kier molecular flexibility index (Phi) is 6.05. The van der Waals surface area contributed by atoms with Crippen LogP contribution in [0, 0.1) is 0 Å². The molecule has 0 radical (unpaired) electrons. The first kappa shape index (κ1) is 19.7. The summed E-state index contributed by atoms with van der Waals surface area (Å²) in [6.45, 7) is 8.53. The van der Waals surface area contributed by atoms with Crippen molar-refractivity contribution in [3.8, 4) is 0 Å². The van der Waals surface area contributed by atoms with Crippen LogP contribution in [-0.2, 0) is 20.8 Å². The molecule has 0 aliphatic carbocycles. The normalized spacial score (nSPS) is 23.4. The topological polar surface area (TPSA) is 59.1 Å². The van der Waals surface area contributed by atoms with Gasteiger partial charge in [0.05, 0.1) is 0 Å². The molecule has 6 nitrogen and oxygen atoms in total. The molecule has 2 fully saturated rings. The van der Waals surface area contributed by atoms with E-state index < -0.39 is 17.7 Å². The number of amides is 1. The standard InChI is InChI=1S/C21H30N2O4/c1-21(2,3)27-20(25)23-12-7-10-18(23)19(24)26-17-11-13-22(15-17)14-16-8-5-4-6-9-16/h4-6,8-9,17-18H,7,10-15H2,1-3H3/t17-,18?/m1/s1. The Bertz CT molecular complexity index is 656. The van der Waals surface area contributed by atoms with Gasteiger partial charge in [-0.1, -0.05) is 30.3 Å². The summed E-state index contributed by atoms with van der Waals surface area (Å²) in [6.07, 6.45) is 1.72. The van der Waals surface area contributed by atoms with Crippen LogP contribution in [-0.4, -0.2) is 59.2 Å². The average Bonchev–Trinajstić information content (AvgIpc) is 3.23. The third-order valence-electron chi connectivity index (χ3n) is 4.91. The highest BCUT2D eigenvalue weighted by molar-refractivity contribution is 5.82. The number of esters is 1. The number of likely N-dealkylation sites (tertiary alicyclic amines) is 2. The lowest BCUT2D eigenvalue weighted by Gasteiger charge is -2.28. The molecule has 1 amide bonds. The van der Waals surface area contributed by atoms with Gasteiger partial charge in [-0.05, 0) is 45.6 Å². The van der Waals surface area contributed by atoms with Crippen molar-refractivity contribution < 1.29 is 19.1 Å². The van der Waals surface area contributed by atoms with Gasteiger partial charge >= 0.3 is 12.1 Å². The van der Waals surface area contributed by atoms with E-state index in [9.17, 15) is 9.59 Å². The minimum absolute atomic E-state index is 0.109. The lowest BCUT2D eigenvalue weighted by Crippen LogP contribution is -2.45. The third kappa shape index (κ3) is 5.45. The first-order valence-electron chi connectivity index (χ1n) is 9.78. The van der Waals surface area contributed by atoms with Crippen LogP contribution in [0.5, 0.6) is 0 Å². The molecule has 1 unspecified atom stereocenters. The summed E-state index contributed by atoms with van der Waals surface area (Å²) < 4.78 is 11.2. The summed E-state index contributed by atoms with van der Waals surface area (Å²) in [4.78, 5) is 28.8. The van der Waals surface area contributed by atoms with E-state index in [1.165, 1.54) is 10.5 Å². The molecule has 3 rings (SSSR count). The number of hydrogen-bond acceptors (Lipinski definition) is 5. The van der Waals surface area contributed by atoms with E-state index in [4.69, 9.17) is 9.47 Å². The minimum Gasteiger partial charge on any atom is -0.459 e. The molecule has 1 aromatic rings. The van der Waals surface area contributed by atoms with E-state index in [0.29, 0.717) is 13.0 Å². The Hall–Kier alpha value is -2.08. The Labute approximate surface area is 161 Å². The van der Waals surface area contributed by atoms with Crippen LogP contribution in [0.4, 0.5) is 4.79 Å². The van der Waals surface area contributed by atoms with Crippen molar-refractivity contribution in [3.63, 3.8) is 0 Å². The molecule has 148 valence electrons. The van der Waals surface area contributed by atoms with Crippen molar-refractivity contribution in [2.75, 3.05) is 19.6 Å². The molecule has 0 N–H and O–H groups in total. The SMILES string of the molecule is CC(C)(C)OC(=O)N1CCCC1C(=O)O[C@@H]1CCN(Cc2ccccc2)C1. The van der Waals surface area contributed by atoms with Gasteiger partial charge in [-0.25, -0.2) is 9.59 Å². The lowest BCUT2D eigenvalue weighted by atomic mass is 10.2. The second kappa shape index (κ2) is 8.30. The maximum atomic E-state index is 12.7. The summed E-state index contributed by atoms with van der Waals surface area (Å²) in [5, 5.41) is 0. The molecule has 2 aliphatic heterocycles. The zero-order valence-corrected chi connectivity index (χ0v) is 16.5. The fourth-order valence-corrected chi connectivity index (χ4v) is 3.67. The molecule has 1 aromatic carbocycles. The highest BCUT2D eigenvalue weighted by Gasteiger charge is 2.39. The van der Waals surface area contributed by atoms with Gasteiger partial charge in [-0.2, -0.15) is 0 Å². The van der Waals surface area contributed by atoms with Crippen molar-refractivity contribution in [3.05, 3.63) is 35.9 Å². The second-order valence-electron chi connectivity index (χ2n) is 8.40. The Morgan fingerprint density at radius 3 is 2.56 bits per heavy atom. The Balaban J connectivity index is 1.50. The van der Waals surface area contributed by atoms with Crippen LogP contribution >= 0.6 is 0 Å². The maximum Gasteiger partial charge on any atom is 0.411 e. The van der Waals surface area contributed by atoms with Gasteiger partial charge in [-0.3, -0.25) is 9.80 Å². The van der Waals surface area contributed by atoms with Gasteiger partial charge < -0.3 is 9.47 Å². The van der Waals surface area contributed by atoms with E-state index in [1.807, 2.05) is 39.0 Å². The predicted octanol–water partition coefficient (Wildman–Crippen LogP) is 3.20. The summed E-state index contributed by atoms with van der Waals surface area (Å²) >= 11 is 0. The molecule has 6 heteroatoms. The van der Waals surface area contributed by atoms with Crippen LogP contribution in [0.3, 0.4) is 0 Å². The molecular formula is C21H30N2O4. The van der Waals surface area contributed by atoms with E-state index in [1.54, 1.807) is 0 Å². The van der Waals surface area contributed by atoms with Crippen molar-refractivity contribution in [1.82, 2.24) is 9.80 Å². The average molecular weight is 374 g/mol. The summed E-state index contributed by atoms with van der Waals surface area (Å²) in [5.41, 5.74) is 0.689. The van der Waals surface area contributed by atoms with E-state index in [2.05, 4.69) is 17.0 Å². The van der Waals surface area contributed by atoms with Crippen LogP contribution in [0.2, 0.25) is 0 Å². The largest absolute Gasteiger partial charge is 0.459 e. The highest BCUT2D eigenvalue weighted by Crippen LogP contribution is 2.24. The molecule has 0 aromatic heterocycles. The van der Waals surface area contributed by atoms with Gasteiger partial charge in [0.1, 0.15) is 17.7 Å². The van der Waals surface area contributed by atoms with Gasteiger partial charge in [0.15, 0.2) is 0 Å². The maximum absolute atomic E-state index is 12.7. The number of hydrogen-bond donors (Lipinski definition) is 0. The zero-order chi connectivity index (χ0) is 19.4. The predicted molar refractivity (Wildman–Crippen MR) is 102 cm³/mol. The van der Waals surface area contributed by atoms with E-state index >= 15 is 0 Å². The van der Waals surface area contributed by atoms with Crippen LogP contribution in [0.25, 0.3) is 0 Å². The molecule has 27 heavy (non-hydrogen) atoms. The lowest BCUT2D eigenvalue weighted by molar-refractivity contribution is -0.153. The number of nitrogens with zero attached hydrogens (tertiary/aromatic N) is 2.